The third kappa shape index (κ3) is 10.3. The summed E-state index contributed by atoms with van der Waals surface area (Å²) >= 11 is 11.8. The van der Waals surface area contributed by atoms with Gasteiger partial charge in [-0.25, -0.2) is 8.78 Å². The van der Waals surface area contributed by atoms with Crippen molar-refractivity contribution in [3.63, 3.8) is 0 Å². The maximum absolute atomic E-state index is 13.9. The van der Waals surface area contributed by atoms with E-state index in [2.05, 4.69) is 9.97 Å². The van der Waals surface area contributed by atoms with Gasteiger partial charge in [0.25, 0.3) is 11.8 Å². The van der Waals surface area contributed by atoms with Crippen LogP contribution in [0.4, 0.5) is 8.78 Å². The number of ether oxygens (including phenoxy) is 2. The van der Waals surface area contributed by atoms with Crippen molar-refractivity contribution in [2.45, 2.75) is 49.7 Å². The van der Waals surface area contributed by atoms with Crippen LogP contribution in [0.3, 0.4) is 0 Å². The van der Waals surface area contributed by atoms with Crippen LogP contribution in [-0.2, 0) is 41.5 Å². The van der Waals surface area contributed by atoms with E-state index in [4.69, 9.17) is 32.7 Å². The zero-order valence-corrected chi connectivity index (χ0v) is 35.6. The highest BCUT2D eigenvalue weighted by Crippen LogP contribution is 2.36. The minimum atomic E-state index is -0.513. The van der Waals surface area contributed by atoms with Gasteiger partial charge in [-0.05, 0) is 108 Å². The fourth-order valence-electron chi connectivity index (χ4n) is 8.40. The molecule has 2 aliphatic rings. The van der Waals surface area contributed by atoms with Crippen molar-refractivity contribution in [3.8, 4) is 0 Å². The highest BCUT2D eigenvalue weighted by atomic mass is 35.5. The standard InChI is InChI=1S/2C24H22ClFN2O3/c2*1-31-23-14-28(24(30)22(29)12-15-2-4-16(25)5-3-15)11-9-19(23)18-8-10-27-21-7-6-17(26)13-20(18)21/h2*2-8,10,13,19,23H,9,11-12,14H2,1H3/t2*19-,23+/m10/s1. The number of halogens is 4. The van der Waals surface area contributed by atoms with E-state index in [1.54, 1.807) is 97.1 Å². The lowest BCUT2D eigenvalue weighted by Gasteiger charge is -2.38. The molecule has 0 saturated carbocycles. The van der Waals surface area contributed by atoms with Gasteiger partial charge in [0.2, 0.25) is 11.6 Å². The van der Waals surface area contributed by atoms with E-state index in [0.717, 1.165) is 33.0 Å². The van der Waals surface area contributed by atoms with Gasteiger partial charge < -0.3 is 19.3 Å². The number of amides is 2. The van der Waals surface area contributed by atoms with Gasteiger partial charge in [-0.2, -0.15) is 0 Å². The molecule has 2 aromatic heterocycles. The number of carbonyl (C=O) groups is 4. The summed E-state index contributed by atoms with van der Waals surface area (Å²) in [5.41, 5.74) is 4.79. The number of carbonyl (C=O) groups excluding carboxylic acids is 4. The predicted octanol–water partition coefficient (Wildman–Crippen LogP) is 8.34. The Hall–Kier alpha value is -5.66. The molecule has 10 nitrogen and oxygen atoms in total. The van der Waals surface area contributed by atoms with Crippen LogP contribution < -0.4 is 0 Å². The number of likely N-dealkylation sites (tertiary alicyclic amines) is 2. The van der Waals surface area contributed by atoms with Gasteiger partial charge in [-0.1, -0.05) is 47.5 Å². The summed E-state index contributed by atoms with van der Waals surface area (Å²) in [6.45, 7) is 1.45. The molecule has 14 heteroatoms. The number of nitrogens with zero attached hydrogens (tertiary/aromatic N) is 4. The van der Waals surface area contributed by atoms with Gasteiger partial charge in [0.05, 0.1) is 23.2 Å². The van der Waals surface area contributed by atoms with E-state index in [1.165, 1.54) is 24.3 Å². The van der Waals surface area contributed by atoms with Crippen molar-refractivity contribution in [2.75, 3.05) is 40.4 Å². The molecular formula is C48H44Cl2F2N4O6. The van der Waals surface area contributed by atoms with Crippen LogP contribution in [0.25, 0.3) is 21.8 Å². The zero-order valence-electron chi connectivity index (χ0n) is 34.1. The van der Waals surface area contributed by atoms with Gasteiger partial charge in [0, 0.05) is 98.3 Å². The van der Waals surface area contributed by atoms with Crippen LogP contribution in [0.5, 0.6) is 0 Å². The number of ketones is 2. The third-order valence-corrected chi connectivity index (χ3v) is 12.1. The first kappa shape index (κ1) is 44.4. The van der Waals surface area contributed by atoms with E-state index in [9.17, 15) is 28.0 Å². The molecule has 62 heavy (non-hydrogen) atoms. The number of fused-ring (bicyclic) bond motifs is 2. The van der Waals surface area contributed by atoms with E-state index in [0.29, 0.717) is 60.1 Å². The maximum atomic E-state index is 13.9. The molecule has 2 fully saturated rings. The number of pyridine rings is 2. The summed E-state index contributed by atoms with van der Waals surface area (Å²) in [4.78, 5) is 62.3. The molecule has 0 bridgehead atoms. The van der Waals surface area contributed by atoms with Gasteiger partial charge in [0.15, 0.2) is 0 Å². The normalized spacial score (nSPS) is 18.9. The second-order valence-corrected chi connectivity index (χ2v) is 16.3. The minimum absolute atomic E-state index is 0.0296. The van der Waals surface area contributed by atoms with Crippen LogP contribution in [0.1, 0.15) is 46.9 Å². The average Bonchev–Trinajstić information content (AvgIpc) is 3.29. The van der Waals surface area contributed by atoms with Crippen LogP contribution >= 0.6 is 23.2 Å². The molecule has 2 aliphatic heterocycles. The highest BCUT2D eigenvalue weighted by Gasteiger charge is 2.37. The third-order valence-electron chi connectivity index (χ3n) is 11.6. The minimum Gasteiger partial charge on any atom is -0.379 e. The Kier molecular flexibility index (Phi) is 14.3. The van der Waals surface area contributed by atoms with Gasteiger partial charge in [0.1, 0.15) is 11.6 Å². The smallest absolute Gasteiger partial charge is 0.290 e. The van der Waals surface area contributed by atoms with E-state index in [1.807, 2.05) is 12.1 Å². The molecule has 0 unspecified atom stereocenters. The second kappa shape index (κ2) is 20.0. The molecule has 0 radical (unpaired) electrons. The molecule has 0 spiro atoms. The number of piperidine rings is 2. The molecule has 2 saturated heterocycles. The summed E-state index contributed by atoms with van der Waals surface area (Å²) in [6.07, 6.45) is 4.06. The Morgan fingerprint density at radius 3 is 1.35 bits per heavy atom. The Labute approximate surface area is 367 Å². The maximum Gasteiger partial charge on any atom is 0.290 e. The number of Topliss-reactive ketones (excluding diaryl/α,β-unsaturated/α-hetero) is 2. The Morgan fingerprint density at radius 2 is 0.984 bits per heavy atom. The summed E-state index contributed by atoms with van der Waals surface area (Å²) in [6, 6.07) is 26.6. The first-order chi connectivity index (χ1) is 29.9. The largest absolute Gasteiger partial charge is 0.379 e. The van der Waals surface area contributed by atoms with Gasteiger partial charge in [-0.3, -0.25) is 29.1 Å². The first-order valence-corrected chi connectivity index (χ1v) is 20.9. The number of aromatic nitrogens is 2. The molecular weight excluding hydrogens is 837 g/mol. The van der Waals surface area contributed by atoms with Gasteiger partial charge in [-0.15, -0.1) is 0 Å². The number of hydrogen-bond donors (Lipinski definition) is 0. The van der Waals surface area contributed by atoms with Crippen LogP contribution in [0.2, 0.25) is 10.0 Å². The lowest BCUT2D eigenvalue weighted by atomic mass is 9.85. The lowest BCUT2D eigenvalue weighted by molar-refractivity contribution is -0.147. The number of benzene rings is 4. The van der Waals surface area contributed by atoms with E-state index >= 15 is 0 Å². The Bertz CT molecular complexity index is 2420. The SMILES string of the molecule is CO[C@@H]1CN(C(=O)C(=O)Cc2ccc(Cl)cc2)CC[C@H]1c1ccnc2ccc(F)cc12.CO[C@H]1CN(C(=O)C(=O)Cc2ccc(Cl)cc2)CC[C@@H]1c1ccnc2ccc(F)cc12. The number of methoxy groups -OCH3 is 2. The molecule has 0 N–H and O–H groups in total. The predicted molar refractivity (Wildman–Crippen MR) is 233 cm³/mol. The summed E-state index contributed by atoms with van der Waals surface area (Å²) in [5, 5.41) is 2.65. The molecule has 2 amide bonds. The fourth-order valence-corrected chi connectivity index (χ4v) is 8.65. The molecule has 4 atom stereocenters. The Morgan fingerprint density at radius 1 is 0.597 bits per heavy atom. The fraction of sp³-hybridized carbons (Fsp3) is 0.292. The molecule has 6 aromatic rings. The Balaban J connectivity index is 0.000000186. The van der Waals surface area contributed by atoms with Crippen LogP contribution in [0, 0.1) is 11.6 Å². The lowest BCUT2D eigenvalue weighted by Crippen LogP contribution is -2.49. The summed E-state index contributed by atoms with van der Waals surface area (Å²) in [7, 11) is 3.18. The molecule has 8 rings (SSSR count). The van der Waals surface area contributed by atoms with Crippen molar-refractivity contribution in [1.29, 1.82) is 0 Å². The van der Waals surface area contributed by atoms with E-state index in [-0.39, 0.29) is 48.5 Å². The number of hydrogen-bond acceptors (Lipinski definition) is 8. The summed E-state index contributed by atoms with van der Waals surface area (Å²) < 4.78 is 39.1. The number of rotatable bonds is 10. The molecule has 320 valence electrons. The van der Waals surface area contributed by atoms with Crippen molar-refractivity contribution < 1.29 is 37.4 Å². The zero-order chi connectivity index (χ0) is 43.9. The quantitative estimate of drug-likeness (QED) is 0.126. The molecule has 4 aromatic carbocycles. The molecule has 0 aliphatic carbocycles. The van der Waals surface area contributed by atoms with Crippen molar-refractivity contribution in [1.82, 2.24) is 19.8 Å². The van der Waals surface area contributed by atoms with Crippen LogP contribution in [0.15, 0.2) is 109 Å². The van der Waals surface area contributed by atoms with Crippen LogP contribution in [-0.4, -0.2) is 95.8 Å². The van der Waals surface area contributed by atoms with Crippen molar-refractivity contribution >= 4 is 68.4 Å². The van der Waals surface area contributed by atoms with Crippen molar-refractivity contribution in [3.05, 3.63) is 153 Å². The van der Waals surface area contributed by atoms with E-state index < -0.39 is 23.4 Å². The highest BCUT2D eigenvalue weighted by molar-refractivity contribution is 6.37. The average molecular weight is 882 g/mol. The second-order valence-electron chi connectivity index (χ2n) is 15.4. The molecule has 4 heterocycles. The monoisotopic (exact) mass is 880 g/mol. The van der Waals surface area contributed by atoms with Crippen molar-refractivity contribution in [2.24, 2.45) is 0 Å². The summed E-state index contributed by atoms with van der Waals surface area (Å²) in [5.74, 6) is -2.67. The topological polar surface area (TPSA) is 119 Å². The van der Waals surface area contributed by atoms with Gasteiger partial charge >= 0.3 is 0 Å². The first-order valence-electron chi connectivity index (χ1n) is 20.2.